The Balaban J connectivity index is 1.41. The number of nitrogens with zero attached hydrogens (tertiary/aromatic N) is 2. The Labute approximate surface area is 176 Å². The van der Waals surface area contributed by atoms with Crippen LogP contribution >= 0.6 is 11.6 Å². The first-order valence-electron chi connectivity index (χ1n) is 9.17. The highest BCUT2D eigenvalue weighted by Gasteiger charge is 2.27. The second-order valence-corrected chi connectivity index (χ2v) is 7.12. The lowest BCUT2D eigenvalue weighted by Gasteiger charge is -2.12. The zero-order chi connectivity index (χ0) is 21.1. The number of aromatic nitrogens is 2. The molecule has 2 heterocycles. The Morgan fingerprint density at radius 2 is 2.03 bits per heavy atom. The standard InChI is InChI=1S/C22H16ClF2N3O2/c23-15-9-14-10-16(30-21(14)17(11-15)22-26-7-2-8-27-22)12-28-19(29)6-5-13-3-1-4-18(24)20(13)25/h1-9,11,16H,10,12H2,(H,28,29). The number of carbonyl (C=O) groups is 1. The van der Waals surface area contributed by atoms with Crippen LogP contribution in [0.1, 0.15) is 11.1 Å². The molecule has 4 rings (SSSR count). The van der Waals surface area contributed by atoms with Crippen molar-refractivity contribution in [1.29, 1.82) is 0 Å². The van der Waals surface area contributed by atoms with Crippen molar-refractivity contribution in [3.8, 4) is 17.1 Å². The number of carbonyl (C=O) groups excluding carboxylic acids is 1. The minimum absolute atomic E-state index is 0.00295. The minimum Gasteiger partial charge on any atom is -0.487 e. The average Bonchev–Trinajstić information content (AvgIpc) is 3.16. The third-order valence-electron chi connectivity index (χ3n) is 4.57. The summed E-state index contributed by atoms with van der Waals surface area (Å²) in [5.74, 6) is -1.26. The molecule has 0 saturated heterocycles. The summed E-state index contributed by atoms with van der Waals surface area (Å²) in [5, 5.41) is 3.25. The van der Waals surface area contributed by atoms with Gasteiger partial charge in [0.25, 0.3) is 0 Å². The van der Waals surface area contributed by atoms with Crippen LogP contribution in [0.25, 0.3) is 17.5 Å². The fourth-order valence-electron chi connectivity index (χ4n) is 3.20. The summed E-state index contributed by atoms with van der Waals surface area (Å²) in [6.07, 6.45) is 5.90. The second kappa shape index (κ2) is 8.59. The molecule has 1 aliphatic rings. The molecule has 3 aromatic rings. The molecule has 1 atom stereocenters. The zero-order valence-corrected chi connectivity index (χ0v) is 16.4. The van der Waals surface area contributed by atoms with Gasteiger partial charge in [0.2, 0.25) is 5.91 Å². The van der Waals surface area contributed by atoms with Crippen molar-refractivity contribution >= 4 is 23.6 Å². The molecular weight excluding hydrogens is 412 g/mol. The van der Waals surface area contributed by atoms with Crippen LogP contribution in [0.15, 0.2) is 54.9 Å². The normalized spacial score (nSPS) is 15.1. The Hall–Kier alpha value is -3.32. The highest BCUT2D eigenvalue weighted by molar-refractivity contribution is 6.31. The van der Waals surface area contributed by atoms with Gasteiger partial charge in [-0.2, -0.15) is 0 Å². The molecular formula is C22H16ClF2N3O2. The van der Waals surface area contributed by atoms with Crippen molar-refractivity contribution in [2.24, 2.45) is 0 Å². The van der Waals surface area contributed by atoms with Crippen LogP contribution < -0.4 is 10.1 Å². The van der Waals surface area contributed by atoms with Crippen LogP contribution in [0.3, 0.4) is 0 Å². The van der Waals surface area contributed by atoms with E-state index in [1.54, 1.807) is 24.5 Å². The van der Waals surface area contributed by atoms with Crippen molar-refractivity contribution in [3.05, 3.63) is 82.7 Å². The number of ether oxygens (including phenoxy) is 1. The lowest BCUT2D eigenvalue weighted by atomic mass is 10.1. The summed E-state index contributed by atoms with van der Waals surface area (Å²) in [6.45, 7) is 0.232. The molecule has 1 amide bonds. The van der Waals surface area contributed by atoms with Gasteiger partial charge in [0.05, 0.1) is 12.1 Å². The van der Waals surface area contributed by atoms with Gasteiger partial charge in [-0.15, -0.1) is 0 Å². The van der Waals surface area contributed by atoms with Crippen LogP contribution in [0.2, 0.25) is 5.02 Å². The van der Waals surface area contributed by atoms with Gasteiger partial charge in [0.15, 0.2) is 17.5 Å². The largest absolute Gasteiger partial charge is 0.487 e. The molecule has 2 aromatic carbocycles. The molecule has 1 aliphatic heterocycles. The molecule has 8 heteroatoms. The first-order chi connectivity index (χ1) is 14.5. The van der Waals surface area contributed by atoms with E-state index in [0.29, 0.717) is 28.6 Å². The van der Waals surface area contributed by atoms with E-state index >= 15 is 0 Å². The topological polar surface area (TPSA) is 64.1 Å². The molecule has 0 radical (unpaired) electrons. The van der Waals surface area contributed by atoms with Crippen LogP contribution in [0.5, 0.6) is 5.75 Å². The van der Waals surface area contributed by atoms with Crippen LogP contribution in [-0.2, 0) is 11.2 Å². The molecule has 0 spiro atoms. The van der Waals surface area contributed by atoms with Crippen molar-refractivity contribution in [3.63, 3.8) is 0 Å². The summed E-state index contributed by atoms with van der Waals surface area (Å²) in [4.78, 5) is 20.6. The molecule has 1 aromatic heterocycles. The molecule has 0 aliphatic carbocycles. The average molecular weight is 428 g/mol. The van der Waals surface area contributed by atoms with Gasteiger partial charge in [-0.1, -0.05) is 23.7 Å². The third-order valence-corrected chi connectivity index (χ3v) is 4.79. The number of benzene rings is 2. The monoisotopic (exact) mass is 427 g/mol. The van der Waals surface area contributed by atoms with E-state index < -0.39 is 17.5 Å². The van der Waals surface area contributed by atoms with E-state index in [0.717, 1.165) is 17.7 Å². The molecule has 1 N–H and O–H groups in total. The van der Waals surface area contributed by atoms with Gasteiger partial charge in [0.1, 0.15) is 11.9 Å². The molecule has 0 bridgehead atoms. The van der Waals surface area contributed by atoms with Crippen molar-refractivity contribution in [2.45, 2.75) is 12.5 Å². The Morgan fingerprint density at radius 1 is 1.23 bits per heavy atom. The van der Waals surface area contributed by atoms with E-state index in [-0.39, 0.29) is 18.2 Å². The summed E-state index contributed by atoms with van der Waals surface area (Å²) < 4.78 is 32.9. The Kier molecular flexibility index (Phi) is 5.72. The smallest absolute Gasteiger partial charge is 0.244 e. The SMILES string of the molecule is O=C(C=Cc1cccc(F)c1F)NCC1Cc2cc(Cl)cc(-c3ncccn3)c2O1. The van der Waals surface area contributed by atoms with Gasteiger partial charge in [-0.3, -0.25) is 4.79 Å². The van der Waals surface area contributed by atoms with E-state index in [1.807, 2.05) is 6.07 Å². The number of nitrogens with one attached hydrogen (secondary N) is 1. The molecule has 1 unspecified atom stereocenters. The van der Waals surface area contributed by atoms with Gasteiger partial charge in [-0.25, -0.2) is 18.7 Å². The molecule has 0 fully saturated rings. The summed E-state index contributed by atoms with van der Waals surface area (Å²) in [5.41, 5.74) is 1.59. The summed E-state index contributed by atoms with van der Waals surface area (Å²) >= 11 is 6.23. The first-order valence-corrected chi connectivity index (χ1v) is 9.55. The minimum atomic E-state index is -0.997. The predicted octanol–water partition coefficient (Wildman–Crippen LogP) is 4.21. The summed E-state index contributed by atoms with van der Waals surface area (Å²) in [6, 6.07) is 9.05. The van der Waals surface area contributed by atoms with Crippen molar-refractivity contribution in [2.75, 3.05) is 6.54 Å². The lowest BCUT2D eigenvalue weighted by molar-refractivity contribution is -0.116. The number of fused-ring (bicyclic) bond motifs is 1. The van der Waals surface area contributed by atoms with Crippen molar-refractivity contribution < 1.29 is 18.3 Å². The lowest BCUT2D eigenvalue weighted by Crippen LogP contribution is -2.33. The summed E-state index contributed by atoms with van der Waals surface area (Å²) in [7, 11) is 0. The zero-order valence-electron chi connectivity index (χ0n) is 15.6. The maximum Gasteiger partial charge on any atom is 0.244 e. The fourth-order valence-corrected chi connectivity index (χ4v) is 3.44. The van der Waals surface area contributed by atoms with Gasteiger partial charge >= 0.3 is 0 Å². The number of hydrogen-bond donors (Lipinski definition) is 1. The quantitative estimate of drug-likeness (QED) is 0.619. The molecule has 30 heavy (non-hydrogen) atoms. The highest BCUT2D eigenvalue weighted by Crippen LogP contribution is 2.39. The maximum atomic E-state index is 13.6. The fraction of sp³-hybridized carbons (Fsp3) is 0.136. The van der Waals surface area contributed by atoms with Gasteiger partial charge < -0.3 is 10.1 Å². The highest BCUT2D eigenvalue weighted by atomic mass is 35.5. The maximum absolute atomic E-state index is 13.6. The molecule has 0 saturated carbocycles. The first kappa shape index (κ1) is 20.0. The molecule has 5 nitrogen and oxygen atoms in total. The number of amides is 1. The third kappa shape index (κ3) is 4.31. The number of halogens is 3. The molecule has 152 valence electrons. The van der Waals surface area contributed by atoms with E-state index in [1.165, 1.54) is 18.2 Å². The Morgan fingerprint density at radius 3 is 2.83 bits per heavy atom. The van der Waals surface area contributed by atoms with Crippen LogP contribution in [0.4, 0.5) is 8.78 Å². The predicted molar refractivity (Wildman–Crippen MR) is 109 cm³/mol. The van der Waals surface area contributed by atoms with E-state index in [9.17, 15) is 13.6 Å². The Bertz CT molecular complexity index is 1120. The number of hydrogen-bond acceptors (Lipinski definition) is 4. The van der Waals surface area contributed by atoms with Crippen molar-refractivity contribution in [1.82, 2.24) is 15.3 Å². The van der Waals surface area contributed by atoms with Crippen LogP contribution in [-0.4, -0.2) is 28.5 Å². The second-order valence-electron chi connectivity index (χ2n) is 6.68. The van der Waals surface area contributed by atoms with Crippen LogP contribution in [0, 0.1) is 11.6 Å². The van der Waals surface area contributed by atoms with E-state index in [2.05, 4.69) is 15.3 Å². The van der Waals surface area contributed by atoms with Gasteiger partial charge in [-0.05, 0) is 30.3 Å². The number of rotatable bonds is 5. The van der Waals surface area contributed by atoms with Gasteiger partial charge in [0, 0.05) is 41.0 Å². The van der Waals surface area contributed by atoms with E-state index in [4.69, 9.17) is 16.3 Å².